The van der Waals surface area contributed by atoms with Gasteiger partial charge in [-0.3, -0.25) is 0 Å². The smallest absolute Gasteiger partial charge is 0.165 e. The summed E-state index contributed by atoms with van der Waals surface area (Å²) in [5, 5.41) is 19.3. The molecule has 4 nitrogen and oxygen atoms in total. The summed E-state index contributed by atoms with van der Waals surface area (Å²) in [6.07, 6.45) is 4.66. The quantitative estimate of drug-likeness (QED) is 0.483. The van der Waals surface area contributed by atoms with Crippen molar-refractivity contribution in [1.29, 1.82) is 5.26 Å². The van der Waals surface area contributed by atoms with Crippen molar-refractivity contribution in [2.24, 2.45) is 5.41 Å². The number of nitrogens with zero attached hydrogens (tertiary/aromatic N) is 1. The molecule has 0 saturated carbocycles. The van der Waals surface area contributed by atoms with Gasteiger partial charge in [0, 0.05) is 6.07 Å². The van der Waals surface area contributed by atoms with Crippen molar-refractivity contribution in [2.45, 2.75) is 59.5 Å². The van der Waals surface area contributed by atoms with Gasteiger partial charge < -0.3 is 14.6 Å². The van der Waals surface area contributed by atoms with Gasteiger partial charge in [-0.2, -0.15) is 5.26 Å². The first-order valence-corrected chi connectivity index (χ1v) is 10.0. The SMILES string of the molecule is CCc1cc(O)c(OCc2ccccc2)cc1OCCCCCC(C)(C)C#N. The highest BCUT2D eigenvalue weighted by molar-refractivity contribution is 5.50. The van der Waals surface area contributed by atoms with Crippen molar-refractivity contribution in [3.05, 3.63) is 53.6 Å². The van der Waals surface area contributed by atoms with Crippen LogP contribution in [0, 0.1) is 16.7 Å². The second kappa shape index (κ2) is 10.6. The molecule has 0 bridgehead atoms. The van der Waals surface area contributed by atoms with Crippen LogP contribution in [-0.4, -0.2) is 11.7 Å². The molecule has 150 valence electrons. The Kier molecular flexibility index (Phi) is 8.19. The molecule has 2 aromatic carbocycles. The molecule has 2 aromatic rings. The number of ether oxygens (including phenoxy) is 2. The fraction of sp³-hybridized carbons (Fsp3) is 0.458. The van der Waals surface area contributed by atoms with Crippen LogP contribution in [0.4, 0.5) is 0 Å². The van der Waals surface area contributed by atoms with Crippen LogP contribution in [-0.2, 0) is 13.0 Å². The number of phenols is 1. The lowest BCUT2D eigenvalue weighted by molar-refractivity contribution is 0.276. The summed E-state index contributed by atoms with van der Waals surface area (Å²) in [7, 11) is 0. The summed E-state index contributed by atoms with van der Waals surface area (Å²) < 4.78 is 11.8. The lowest BCUT2D eigenvalue weighted by atomic mass is 9.89. The number of hydrogen-bond donors (Lipinski definition) is 1. The maximum absolute atomic E-state index is 10.3. The van der Waals surface area contributed by atoms with Crippen LogP contribution in [0.1, 0.15) is 57.6 Å². The van der Waals surface area contributed by atoms with Crippen molar-refractivity contribution in [1.82, 2.24) is 0 Å². The zero-order valence-corrected chi connectivity index (χ0v) is 17.2. The Morgan fingerprint density at radius 1 is 1.00 bits per heavy atom. The van der Waals surface area contributed by atoms with Crippen LogP contribution in [0.5, 0.6) is 17.2 Å². The van der Waals surface area contributed by atoms with E-state index in [1.54, 1.807) is 12.1 Å². The third-order valence-corrected chi connectivity index (χ3v) is 4.77. The minimum atomic E-state index is -0.252. The number of aromatic hydroxyl groups is 1. The monoisotopic (exact) mass is 381 g/mol. The maximum atomic E-state index is 10.3. The Bertz CT molecular complexity index is 778. The Hall–Kier alpha value is -2.67. The molecule has 28 heavy (non-hydrogen) atoms. The number of hydrogen-bond acceptors (Lipinski definition) is 4. The van der Waals surface area contributed by atoms with Crippen LogP contribution in [0.15, 0.2) is 42.5 Å². The number of phenolic OH excluding ortho intramolecular Hbond substituents is 1. The highest BCUT2D eigenvalue weighted by Gasteiger charge is 2.15. The average molecular weight is 382 g/mol. The average Bonchev–Trinajstić information content (AvgIpc) is 2.70. The van der Waals surface area contributed by atoms with Gasteiger partial charge in [-0.1, -0.05) is 50.1 Å². The molecular weight excluding hydrogens is 350 g/mol. The van der Waals surface area contributed by atoms with Crippen molar-refractivity contribution in [3.63, 3.8) is 0 Å². The molecule has 0 aliphatic rings. The molecule has 0 radical (unpaired) electrons. The van der Waals surface area contributed by atoms with Crippen LogP contribution >= 0.6 is 0 Å². The first-order valence-electron chi connectivity index (χ1n) is 10.0. The molecule has 0 unspecified atom stereocenters. The van der Waals surface area contributed by atoms with E-state index in [0.717, 1.165) is 49.0 Å². The summed E-state index contributed by atoms with van der Waals surface area (Å²) in [6, 6.07) is 15.7. The largest absolute Gasteiger partial charge is 0.504 e. The third-order valence-electron chi connectivity index (χ3n) is 4.77. The van der Waals surface area contributed by atoms with E-state index < -0.39 is 0 Å². The summed E-state index contributed by atoms with van der Waals surface area (Å²) in [4.78, 5) is 0. The molecule has 4 heteroatoms. The van der Waals surface area contributed by atoms with E-state index in [2.05, 4.69) is 6.07 Å². The van der Waals surface area contributed by atoms with E-state index in [0.29, 0.717) is 19.0 Å². The van der Waals surface area contributed by atoms with Crippen LogP contribution in [0.2, 0.25) is 0 Å². The van der Waals surface area contributed by atoms with E-state index in [-0.39, 0.29) is 11.2 Å². The molecular formula is C24H31NO3. The molecule has 0 heterocycles. The Morgan fingerprint density at radius 3 is 2.43 bits per heavy atom. The number of benzene rings is 2. The highest BCUT2D eigenvalue weighted by Crippen LogP contribution is 2.35. The summed E-state index contributed by atoms with van der Waals surface area (Å²) in [5.74, 6) is 1.34. The topological polar surface area (TPSA) is 62.5 Å². The fourth-order valence-corrected chi connectivity index (χ4v) is 2.94. The van der Waals surface area contributed by atoms with E-state index >= 15 is 0 Å². The van der Waals surface area contributed by atoms with Gasteiger partial charge >= 0.3 is 0 Å². The molecule has 0 aliphatic carbocycles. The van der Waals surface area contributed by atoms with Crippen LogP contribution < -0.4 is 9.47 Å². The lowest BCUT2D eigenvalue weighted by Gasteiger charge is -2.16. The standard InChI is InChI=1S/C24H31NO3/c1-4-20-15-21(26)23(28-17-19-11-7-5-8-12-19)16-22(20)27-14-10-6-9-13-24(2,3)18-25/h5,7-8,11-12,15-16,26H,4,6,9-10,13-14,17H2,1-3H3. The normalized spacial score (nSPS) is 11.1. The van der Waals surface area contributed by atoms with Gasteiger partial charge in [-0.05, 0) is 50.3 Å². The van der Waals surface area contributed by atoms with Gasteiger partial charge in [0.05, 0.1) is 18.1 Å². The summed E-state index contributed by atoms with van der Waals surface area (Å²) in [6.45, 7) is 7.00. The minimum absolute atomic E-state index is 0.138. The van der Waals surface area contributed by atoms with Gasteiger partial charge in [0.25, 0.3) is 0 Å². The van der Waals surface area contributed by atoms with Crippen molar-refractivity contribution in [3.8, 4) is 23.3 Å². The maximum Gasteiger partial charge on any atom is 0.165 e. The number of unbranched alkanes of at least 4 members (excludes halogenated alkanes) is 2. The number of aryl methyl sites for hydroxylation is 1. The van der Waals surface area contributed by atoms with E-state index in [1.807, 2.05) is 51.1 Å². The molecule has 0 aromatic heterocycles. The third kappa shape index (κ3) is 6.81. The number of rotatable bonds is 11. The molecule has 0 saturated heterocycles. The van der Waals surface area contributed by atoms with Gasteiger partial charge in [-0.15, -0.1) is 0 Å². The zero-order valence-electron chi connectivity index (χ0n) is 17.2. The van der Waals surface area contributed by atoms with Crippen LogP contribution in [0.3, 0.4) is 0 Å². The van der Waals surface area contributed by atoms with Crippen LogP contribution in [0.25, 0.3) is 0 Å². The second-order valence-electron chi connectivity index (χ2n) is 7.71. The summed E-state index contributed by atoms with van der Waals surface area (Å²) >= 11 is 0. The van der Waals surface area contributed by atoms with E-state index in [9.17, 15) is 5.11 Å². The fourth-order valence-electron chi connectivity index (χ4n) is 2.94. The Morgan fingerprint density at radius 2 is 1.75 bits per heavy atom. The van der Waals surface area contributed by atoms with Crippen molar-refractivity contribution < 1.29 is 14.6 Å². The van der Waals surface area contributed by atoms with Gasteiger partial charge in [0.1, 0.15) is 12.4 Å². The molecule has 0 amide bonds. The molecule has 0 spiro atoms. The molecule has 2 rings (SSSR count). The highest BCUT2D eigenvalue weighted by atomic mass is 16.5. The molecule has 0 atom stereocenters. The minimum Gasteiger partial charge on any atom is -0.504 e. The second-order valence-corrected chi connectivity index (χ2v) is 7.71. The predicted octanol–water partition coefficient (Wildman–Crippen LogP) is 6.02. The summed E-state index contributed by atoms with van der Waals surface area (Å²) in [5.41, 5.74) is 1.76. The van der Waals surface area contributed by atoms with Crippen molar-refractivity contribution in [2.75, 3.05) is 6.61 Å². The van der Waals surface area contributed by atoms with Crippen molar-refractivity contribution >= 4 is 0 Å². The lowest BCUT2D eigenvalue weighted by Crippen LogP contribution is -2.07. The molecule has 0 fully saturated rings. The van der Waals surface area contributed by atoms with Gasteiger partial charge in [0.2, 0.25) is 0 Å². The first-order chi connectivity index (χ1) is 13.4. The Balaban J connectivity index is 1.89. The van der Waals surface area contributed by atoms with E-state index in [1.165, 1.54) is 0 Å². The van der Waals surface area contributed by atoms with E-state index in [4.69, 9.17) is 14.7 Å². The predicted molar refractivity (Wildman–Crippen MR) is 112 cm³/mol. The Labute approximate surface area is 168 Å². The number of nitriles is 1. The molecule has 1 N–H and O–H groups in total. The first kappa shape index (κ1) is 21.6. The van der Waals surface area contributed by atoms with Gasteiger partial charge in [0.15, 0.2) is 11.5 Å². The zero-order chi connectivity index (χ0) is 20.4. The molecule has 0 aliphatic heterocycles. The van der Waals surface area contributed by atoms with Gasteiger partial charge in [-0.25, -0.2) is 0 Å².